The summed E-state index contributed by atoms with van der Waals surface area (Å²) in [5, 5.41) is 4.41. The Morgan fingerprint density at radius 3 is 1.57 bits per heavy atom. The first-order chi connectivity index (χ1) is 27.7. The van der Waals surface area contributed by atoms with Gasteiger partial charge in [-0.3, -0.25) is 0 Å². The smallest absolute Gasteiger partial charge is 0.166 e. The van der Waals surface area contributed by atoms with Gasteiger partial charge in [-0.2, -0.15) is 0 Å². The minimum atomic E-state index is 0.599. The van der Waals surface area contributed by atoms with Gasteiger partial charge in [0.1, 0.15) is 11.2 Å². The highest BCUT2D eigenvalue weighted by Crippen LogP contribution is 2.41. The summed E-state index contributed by atoms with van der Waals surface area (Å²) in [7, 11) is 0. The molecule has 11 rings (SSSR count). The molecule has 0 amide bonds. The number of nitrogens with zero attached hydrogens (tertiary/aromatic N) is 4. The van der Waals surface area contributed by atoms with E-state index < -0.39 is 0 Å². The molecule has 0 unspecified atom stereocenters. The summed E-state index contributed by atoms with van der Waals surface area (Å²) in [5.74, 6) is 1.83. The second kappa shape index (κ2) is 13.0. The lowest BCUT2D eigenvalue weighted by molar-refractivity contribution is 0.669. The van der Waals surface area contributed by atoms with E-state index in [0.29, 0.717) is 17.5 Å². The van der Waals surface area contributed by atoms with E-state index in [1.54, 1.807) is 0 Å². The highest BCUT2D eigenvalue weighted by Gasteiger charge is 2.21. The van der Waals surface area contributed by atoms with E-state index in [2.05, 4.69) is 150 Å². The summed E-state index contributed by atoms with van der Waals surface area (Å²) in [5.41, 5.74) is 12.2. The molecule has 0 aliphatic heterocycles. The van der Waals surface area contributed by atoms with E-state index in [1.807, 2.05) is 48.5 Å². The third-order valence-electron chi connectivity index (χ3n) is 10.7. The zero-order chi connectivity index (χ0) is 37.0. The molecule has 0 radical (unpaired) electrons. The van der Waals surface area contributed by atoms with Crippen LogP contribution in [0.5, 0.6) is 0 Å². The Kier molecular flexibility index (Phi) is 7.42. The van der Waals surface area contributed by atoms with Crippen molar-refractivity contribution in [1.29, 1.82) is 0 Å². The minimum absolute atomic E-state index is 0.599. The lowest BCUT2D eigenvalue weighted by Gasteiger charge is -2.15. The van der Waals surface area contributed by atoms with Crippen LogP contribution in [-0.4, -0.2) is 19.5 Å². The van der Waals surface area contributed by atoms with Gasteiger partial charge in [-0.05, 0) is 64.7 Å². The maximum atomic E-state index is 6.44. The number of rotatable bonds is 6. The summed E-state index contributed by atoms with van der Waals surface area (Å²) in [6, 6.07) is 67.4. The lowest BCUT2D eigenvalue weighted by atomic mass is 10.0. The fraction of sp³-hybridized carbons (Fsp3) is 0. The lowest BCUT2D eigenvalue weighted by Crippen LogP contribution is -2.03. The number of hydrogen-bond acceptors (Lipinski definition) is 4. The van der Waals surface area contributed by atoms with E-state index in [4.69, 9.17) is 19.4 Å². The SMILES string of the molecule is c1ccc(-c2ccc(-c3nc(-c4ccccc4)nc(-c4ccccc4-n4c5ccc(-c6ccccc6)cc5c5cc6oc7ccccc7c6cc54)n3)cc2)cc1. The first kappa shape index (κ1) is 31.9. The van der Waals surface area contributed by atoms with Crippen molar-refractivity contribution in [2.75, 3.05) is 0 Å². The Bertz CT molecular complexity index is 3220. The molecule has 5 nitrogen and oxygen atoms in total. The van der Waals surface area contributed by atoms with E-state index in [0.717, 1.165) is 82.8 Å². The van der Waals surface area contributed by atoms with Gasteiger partial charge >= 0.3 is 0 Å². The van der Waals surface area contributed by atoms with Crippen LogP contribution in [0.3, 0.4) is 0 Å². The molecular formula is C51H32N4O. The number of furan rings is 1. The Hall–Kier alpha value is -7.63. The molecule has 262 valence electrons. The van der Waals surface area contributed by atoms with Crippen LogP contribution in [0.4, 0.5) is 0 Å². The summed E-state index contributed by atoms with van der Waals surface area (Å²) in [6.07, 6.45) is 0. The second-order valence-corrected chi connectivity index (χ2v) is 14.0. The van der Waals surface area contributed by atoms with Gasteiger partial charge in [-0.1, -0.05) is 152 Å². The van der Waals surface area contributed by atoms with Crippen molar-refractivity contribution in [1.82, 2.24) is 19.5 Å². The van der Waals surface area contributed by atoms with Gasteiger partial charge in [-0.25, -0.2) is 15.0 Å². The fourth-order valence-electron chi connectivity index (χ4n) is 7.95. The zero-order valence-corrected chi connectivity index (χ0v) is 30.2. The molecule has 8 aromatic carbocycles. The molecule has 11 aromatic rings. The third-order valence-corrected chi connectivity index (χ3v) is 10.7. The van der Waals surface area contributed by atoms with Crippen molar-refractivity contribution in [2.45, 2.75) is 0 Å². The molecule has 0 aliphatic rings. The van der Waals surface area contributed by atoms with Crippen LogP contribution >= 0.6 is 0 Å². The molecule has 0 saturated carbocycles. The average molecular weight is 717 g/mol. The molecule has 0 N–H and O–H groups in total. The number of hydrogen-bond donors (Lipinski definition) is 0. The van der Waals surface area contributed by atoms with Crippen molar-refractivity contribution < 1.29 is 4.42 Å². The third kappa shape index (κ3) is 5.37. The maximum Gasteiger partial charge on any atom is 0.166 e. The average Bonchev–Trinajstić information content (AvgIpc) is 3.80. The predicted octanol–water partition coefficient (Wildman–Crippen LogP) is 13.2. The molecule has 5 heteroatoms. The summed E-state index contributed by atoms with van der Waals surface area (Å²) < 4.78 is 8.80. The number of aromatic nitrogens is 4. The topological polar surface area (TPSA) is 56.7 Å². The summed E-state index contributed by atoms with van der Waals surface area (Å²) in [4.78, 5) is 15.4. The molecule has 56 heavy (non-hydrogen) atoms. The summed E-state index contributed by atoms with van der Waals surface area (Å²) >= 11 is 0. The van der Waals surface area contributed by atoms with Gasteiger partial charge in [0.15, 0.2) is 17.5 Å². The van der Waals surface area contributed by atoms with Crippen LogP contribution in [0.2, 0.25) is 0 Å². The number of para-hydroxylation sites is 2. The monoisotopic (exact) mass is 716 g/mol. The van der Waals surface area contributed by atoms with Crippen LogP contribution in [-0.2, 0) is 0 Å². The van der Waals surface area contributed by atoms with Gasteiger partial charge in [0.2, 0.25) is 0 Å². The van der Waals surface area contributed by atoms with E-state index in [9.17, 15) is 0 Å². The Morgan fingerprint density at radius 2 is 0.839 bits per heavy atom. The molecule has 0 saturated heterocycles. The van der Waals surface area contributed by atoms with Crippen molar-refractivity contribution in [2.24, 2.45) is 0 Å². The largest absolute Gasteiger partial charge is 0.456 e. The first-order valence-corrected chi connectivity index (χ1v) is 18.8. The molecule has 0 aliphatic carbocycles. The maximum absolute atomic E-state index is 6.44. The van der Waals surface area contributed by atoms with Crippen molar-refractivity contribution in [3.63, 3.8) is 0 Å². The van der Waals surface area contributed by atoms with Crippen LogP contribution in [0, 0.1) is 0 Å². The van der Waals surface area contributed by atoms with Gasteiger partial charge in [0.05, 0.1) is 16.7 Å². The molecule has 0 spiro atoms. The first-order valence-electron chi connectivity index (χ1n) is 18.8. The minimum Gasteiger partial charge on any atom is -0.456 e. The van der Waals surface area contributed by atoms with Gasteiger partial charge in [0, 0.05) is 38.2 Å². The van der Waals surface area contributed by atoms with Gasteiger partial charge in [0.25, 0.3) is 0 Å². The molecule has 0 bridgehead atoms. The van der Waals surface area contributed by atoms with Crippen LogP contribution in [0.25, 0.3) is 106 Å². The Morgan fingerprint density at radius 1 is 0.321 bits per heavy atom. The van der Waals surface area contributed by atoms with E-state index in [1.165, 1.54) is 5.56 Å². The molecule has 3 aromatic heterocycles. The number of benzene rings is 8. The highest BCUT2D eigenvalue weighted by molar-refractivity contribution is 6.18. The van der Waals surface area contributed by atoms with Gasteiger partial charge < -0.3 is 8.98 Å². The van der Waals surface area contributed by atoms with Crippen LogP contribution in [0.15, 0.2) is 199 Å². The van der Waals surface area contributed by atoms with Crippen LogP contribution < -0.4 is 0 Å². The quantitative estimate of drug-likeness (QED) is 0.172. The number of fused-ring (bicyclic) bond motifs is 6. The Labute approximate surface area is 322 Å². The highest BCUT2D eigenvalue weighted by atomic mass is 16.3. The predicted molar refractivity (Wildman–Crippen MR) is 229 cm³/mol. The van der Waals surface area contributed by atoms with Crippen molar-refractivity contribution >= 4 is 43.7 Å². The zero-order valence-electron chi connectivity index (χ0n) is 30.2. The van der Waals surface area contributed by atoms with Gasteiger partial charge in [-0.15, -0.1) is 0 Å². The molecule has 3 heterocycles. The Balaban J connectivity index is 1.15. The second-order valence-electron chi connectivity index (χ2n) is 14.0. The molecule has 0 atom stereocenters. The van der Waals surface area contributed by atoms with Crippen LogP contribution in [0.1, 0.15) is 0 Å². The van der Waals surface area contributed by atoms with Crippen molar-refractivity contribution in [3.8, 4) is 62.1 Å². The standard InChI is InChI=1S/C51H32N4O/c1-4-14-33(15-5-1)35-24-26-37(27-25-35)50-52-49(36-18-8-3-9-19-36)53-51(54-50)40-21-10-12-22-44(40)55-45-29-28-38(34-16-6-2-7-17-34)30-41(45)42-32-48-43(31-46(42)55)39-20-11-13-23-47(39)56-48/h1-32H. The van der Waals surface area contributed by atoms with E-state index >= 15 is 0 Å². The normalized spacial score (nSPS) is 11.6. The fourth-order valence-corrected chi connectivity index (χ4v) is 7.95. The molecule has 0 fully saturated rings. The summed E-state index contributed by atoms with van der Waals surface area (Å²) in [6.45, 7) is 0. The molecular weight excluding hydrogens is 685 g/mol. The van der Waals surface area contributed by atoms with Crippen molar-refractivity contribution in [3.05, 3.63) is 194 Å². The van der Waals surface area contributed by atoms with E-state index in [-0.39, 0.29) is 0 Å².